The first kappa shape index (κ1) is 29.2. The van der Waals surface area contributed by atoms with Crippen molar-refractivity contribution in [3.8, 4) is 0 Å². The predicted octanol–water partition coefficient (Wildman–Crippen LogP) is 7.38. The molecule has 1 aliphatic carbocycles. The van der Waals surface area contributed by atoms with Crippen LogP contribution in [0.15, 0.2) is 96.3 Å². The van der Waals surface area contributed by atoms with E-state index in [2.05, 4.69) is 17.0 Å². The minimum atomic E-state index is -2.79. The number of anilines is 1. The van der Waals surface area contributed by atoms with Crippen LogP contribution in [-0.2, 0) is 22.6 Å². The number of aliphatic hydroxyl groups is 1. The van der Waals surface area contributed by atoms with Gasteiger partial charge >= 0.3 is 0 Å². The lowest BCUT2D eigenvalue weighted by atomic mass is 9.83. The summed E-state index contributed by atoms with van der Waals surface area (Å²) in [5.41, 5.74) is 4.82. The van der Waals surface area contributed by atoms with E-state index in [1.807, 2.05) is 60.7 Å². The molecule has 2 N–H and O–H groups in total. The van der Waals surface area contributed by atoms with Gasteiger partial charge in [-0.15, -0.1) is 0 Å². The zero-order chi connectivity index (χ0) is 29.7. The van der Waals surface area contributed by atoms with Crippen LogP contribution < -0.4 is 5.32 Å². The van der Waals surface area contributed by atoms with Crippen LogP contribution in [0, 0.1) is 5.92 Å². The summed E-state index contributed by atoms with van der Waals surface area (Å²) in [5.74, 6) is -4.37. The monoisotopic (exact) mass is 571 g/mol. The van der Waals surface area contributed by atoms with E-state index in [1.165, 1.54) is 5.01 Å². The van der Waals surface area contributed by atoms with Crippen LogP contribution in [0.25, 0.3) is 0 Å². The quantitative estimate of drug-likeness (QED) is 0.249. The topological polar surface area (TPSA) is 82.0 Å². The van der Waals surface area contributed by atoms with Crippen molar-refractivity contribution >= 4 is 23.2 Å². The summed E-state index contributed by atoms with van der Waals surface area (Å²) in [6, 6.07) is 24.3. The van der Waals surface area contributed by atoms with Crippen LogP contribution in [0.3, 0.4) is 0 Å². The number of hydrogen-bond acceptors (Lipinski definition) is 4. The molecule has 0 bridgehead atoms. The highest BCUT2D eigenvalue weighted by atomic mass is 19.3. The molecule has 3 aromatic carbocycles. The Morgan fingerprint density at radius 1 is 1.05 bits per heavy atom. The van der Waals surface area contributed by atoms with Crippen molar-refractivity contribution in [3.05, 3.63) is 113 Å². The van der Waals surface area contributed by atoms with Crippen molar-refractivity contribution in [1.29, 1.82) is 0 Å². The zero-order valence-corrected chi connectivity index (χ0v) is 23.4. The Labute approximate surface area is 244 Å². The number of aryl methyl sites for hydroxylation is 1. The Morgan fingerprint density at radius 3 is 2.50 bits per heavy atom. The van der Waals surface area contributed by atoms with Crippen LogP contribution in [0.4, 0.5) is 14.5 Å². The Balaban J connectivity index is 1.34. The zero-order valence-electron chi connectivity index (χ0n) is 23.4. The maximum absolute atomic E-state index is 14.3. The number of rotatable bonds is 10. The van der Waals surface area contributed by atoms with Gasteiger partial charge in [-0.3, -0.25) is 9.59 Å². The molecule has 1 fully saturated rings. The summed E-state index contributed by atoms with van der Waals surface area (Å²) in [6.07, 6.45) is 1.61. The van der Waals surface area contributed by atoms with E-state index in [1.54, 1.807) is 18.2 Å². The van der Waals surface area contributed by atoms with Gasteiger partial charge in [-0.05, 0) is 53.1 Å². The summed E-state index contributed by atoms with van der Waals surface area (Å²) in [6.45, 7) is 3.79. The van der Waals surface area contributed by atoms with E-state index in [9.17, 15) is 23.5 Å². The fraction of sp³-hybridized carbons (Fsp3) is 0.324. The number of aliphatic hydroxyl groups excluding tert-OH is 1. The Kier molecular flexibility index (Phi) is 8.80. The first-order valence-corrected chi connectivity index (χ1v) is 14.3. The third kappa shape index (κ3) is 7.29. The van der Waals surface area contributed by atoms with Crippen molar-refractivity contribution in [2.24, 2.45) is 11.0 Å². The molecule has 1 saturated carbocycles. The third-order valence-electron chi connectivity index (χ3n) is 7.98. The van der Waals surface area contributed by atoms with Crippen LogP contribution in [0.1, 0.15) is 66.7 Å². The molecular weight excluding hydrogens is 536 g/mol. The molecule has 218 valence electrons. The number of amides is 2. The van der Waals surface area contributed by atoms with E-state index in [0.717, 1.165) is 22.4 Å². The number of nitrogens with one attached hydrogen (secondary N) is 1. The van der Waals surface area contributed by atoms with Gasteiger partial charge < -0.3 is 10.4 Å². The molecule has 0 saturated heterocycles. The van der Waals surface area contributed by atoms with Crippen LogP contribution in [0.2, 0.25) is 0 Å². The van der Waals surface area contributed by atoms with Crippen LogP contribution in [0.5, 0.6) is 0 Å². The lowest BCUT2D eigenvalue weighted by Crippen LogP contribution is -2.31. The number of nitrogens with zero attached hydrogens (tertiary/aromatic N) is 2. The molecule has 0 spiro atoms. The average Bonchev–Trinajstić information content (AvgIpc) is 3.33. The Morgan fingerprint density at radius 2 is 1.81 bits per heavy atom. The van der Waals surface area contributed by atoms with E-state index < -0.39 is 17.8 Å². The number of hydrogen-bond donors (Lipinski definition) is 2. The molecule has 2 amide bonds. The van der Waals surface area contributed by atoms with Gasteiger partial charge in [-0.2, -0.15) is 5.10 Å². The molecule has 8 heteroatoms. The van der Waals surface area contributed by atoms with Gasteiger partial charge in [-0.25, -0.2) is 13.8 Å². The molecule has 6 nitrogen and oxygen atoms in total. The molecule has 1 aliphatic heterocycles. The molecule has 2 atom stereocenters. The van der Waals surface area contributed by atoms with Crippen molar-refractivity contribution in [1.82, 2.24) is 5.01 Å². The molecule has 2 aliphatic rings. The number of halogens is 2. The summed E-state index contributed by atoms with van der Waals surface area (Å²) in [5, 5.41) is 18.4. The summed E-state index contributed by atoms with van der Waals surface area (Å²) in [4.78, 5) is 26.2. The Bertz CT molecular complexity index is 1470. The summed E-state index contributed by atoms with van der Waals surface area (Å²) < 4.78 is 28.5. The van der Waals surface area contributed by atoms with Gasteiger partial charge in [0, 0.05) is 37.8 Å². The first-order chi connectivity index (χ1) is 20.2. The summed E-state index contributed by atoms with van der Waals surface area (Å²) >= 11 is 0. The Hall–Kier alpha value is -4.33. The maximum Gasteiger partial charge on any atom is 0.248 e. The second kappa shape index (κ2) is 12.7. The highest BCUT2D eigenvalue weighted by Crippen LogP contribution is 2.46. The van der Waals surface area contributed by atoms with Crippen molar-refractivity contribution in [3.63, 3.8) is 0 Å². The van der Waals surface area contributed by atoms with E-state index in [4.69, 9.17) is 0 Å². The maximum atomic E-state index is 14.3. The minimum Gasteiger partial charge on any atom is -0.513 e. The summed E-state index contributed by atoms with van der Waals surface area (Å²) in [7, 11) is 0. The number of carbonyl (C=O) groups is 2. The largest absolute Gasteiger partial charge is 0.513 e. The smallest absolute Gasteiger partial charge is 0.248 e. The normalized spacial score (nSPS) is 18.8. The molecule has 0 aromatic heterocycles. The second-order valence-electron chi connectivity index (χ2n) is 11.2. The SMILES string of the molecule is C=C(O)CCc1cccc(NC(=O)C(c2ccc(CN3N=C(c4ccccc4)CCC3=O)cc2)C2CCC(F)(F)C2)c1. The van der Waals surface area contributed by atoms with Gasteiger partial charge in [0.15, 0.2) is 0 Å². The van der Waals surface area contributed by atoms with Gasteiger partial charge in [0.05, 0.1) is 23.9 Å². The van der Waals surface area contributed by atoms with Crippen molar-refractivity contribution in [2.45, 2.75) is 63.3 Å². The molecule has 42 heavy (non-hydrogen) atoms. The average molecular weight is 572 g/mol. The van der Waals surface area contributed by atoms with E-state index in [0.29, 0.717) is 36.9 Å². The molecule has 0 radical (unpaired) electrons. The third-order valence-corrected chi connectivity index (χ3v) is 7.98. The number of carbonyl (C=O) groups excluding carboxylic acids is 2. The van der Waals surface area contributed by atoms with Crippen molar-refractivity contribution in [2.75, 3.05) is 5.32 Å². The van der Waals surface area contributed by atoms with E-state index in [-0.39, 0.29) is 43.4 Å². The molecule has 2 unspecified atom stereocenters. The van der Waals surface area contributed by atoms with Gasteiger partial charge in [0.1, 0.15) is 0 Å². The number of benzene rings is 3. The molecule has 3 aromatic rings. The lowest BCUT2D eigenvalue weighted by Gasteiger charge is -2.25. The molecule has 5 rings (SSSR count). The second-order valence-corrected chi connectivity index (χ2v) is 11.2. The molecular formula is C34H35F2N3O3. The van der Waals surface area contributed by atoms with Gasteiger partial charge in [-0.1, -0.05) is 73.3 Å². The predicted molar refractivity (Wildman–Crippen MR) is 159 cm³/mol. The van der Waals surface area contributed by atoms with Gasteiger partial charge in [0.2, 0.25) is 17.7 Å². The molecule has 1 heterocycles. The van der Waals surface area contributed by atoms with Crippen LogP contribution in [-0.4, -0.2) is 33.6 Å². The first-order valence-electron chi connectivity index (χ1n) is 14.3. The van der Waals surface area contributed by atoms with Crippen molar-refractivity contribution < 1.29 is 23.5 Å². The van der Waals surface area contributed by atoms with E-state index >= 15 is 0 Å². The number of alkyl halides is 2. The fourth-order valence-corrected chi connectivity index (χ4v) is 5.78. The fourth-order valence-electron chi connectivity index (χ4n) is 5.78. The number of hydrazone groups is 1. The number of allylic oxidation sites excluding steroid dienone is 1. The highest BCUT2D eigenvalue weighted by Gasteiger charge is 2.45. The minimum absolute atomic E-state index is 0.0604. The van der Waals surface area contributed by atoms with Gasteiger partial charge in [0.25, 0.3) is 0 Å². The van der Waals surface area contributed by atoms with Crippen LogP contribution >= 0.6 is 0 Å². The standard InChI is InChI=1S/C34H35F2N3O3/c1-23(40)10-11-24-6-5-9-29(20-24)37-33(42)32(28-18-19-34(35,36)21-28)27-14-12-25(13-15-27)22-39-31(41)17-16-30(38-39)26-7-3-2-4-8-26/h2-9,12-15,20,28,32,40H,1,10-11,16-19,21-22H2,(H,37,42). The lowest BCUT2D eigenvalue weighted by molar-refractivity contribution is -0.132. The highest BCUT2D eigenvalue weighted by molar-refractivity contribution is 6.04.